The smallest absolute Gasteiger partial charge is 0.255 e. The number of halogens is 2. The van der Waals surface area contributed by atoms with E-state index in [9.17, 15) is 8.78 Å². The Kier molecular flexibility index (Phi) is 2.17. The molecule has 1 nitrogen and oxygen atoms in total. The van der Waals surface area contributed by atoms with E-state index in [0.29, 0.717) is 5.56 Å². The zero-order valence-electron chi connectivity index (χ0n) is 6.44. The average molecular weight is 157 g/mol. The fraction of sp³-hybridized carbons (Fsp3) is 0.375. The Bertz CT molecular complexity index is 258. The minimum Gasteiger partial charge on any atom is -0.255 e. The van der Waals surface area contributed by atoms with Crippen molar-refractivity contribution in [1.82, 2.24) is 4.98 Å². The highest BCUT2D eigenvalue weighted by Gasteiger charge is 2.10. The molecule has 0 N–H and O–H groups in total. The van der Waals surface area contributed by atoms with Crippen molar-refractivity contribution in [2.45, 2.75) is 20.3 Å². The summed E-state index contributed by atoms with van der Waals surface area (Å²) < 4.78 is 24.2. The minimum atomic E-state index is -2.46. The fourth-order valence-electron chi connectivity index (χ4n) is 0.954. The van der Waals surface area contributed by atoms with Crippen LogP contribution in [-0.4, -0.2) is 4.98 Å². The summed E-state index contributed by atoms with van der Waals surface area (Å²) >= 11 is 0. The number of aromatic nitrogens is 1. The summed E-state index contributed by atoms with van der Waals surface area (Å²) in [6.07, 6.45) is -1.01. The molecule has 0 aliphatic heterocycles. The summed E-state index contributed by atoms with van der Waals surface area (Å²) in [6.45, 7) is 3.47. The van der Waals surface area contributed by atoms with E-state index in [4.69, 9.17) is 0 Å². The first-order chi connectivity index (χ1) is 5.11. The first kappa shape index (κ1) is 8.11. The van der Waals surface area contributed by atoms with Crippen LogP contribution in [0.3, 0.4) is 0 Å². The molecule has 0 unspecified atom stereocenters. The van der Waals surface area contributed by atoms with E-state index in [1.54, 1.807) is 13.0 Å². The molecular formula is C8H9F2N. The lowest BCUT2D eigenvalue weighted by Gasteiger charge is -2.02. The van der Waals surface area contributed by atoms with Gasteiger partial charge in [0.1, 0.15) is 5.69 Å². The van der Waals surface area contributed by atoms with E-state index >= 15 is 0 Å². The number of rotatable bonds is 1. The van der Waals surface area contributed by atoms with Crippen molar-refractivity contribution in [2.24, 2.45) is 0 Å². The van der Waals surface area contributed by atoms with Crippen molar-refractivity contribution >= 4 is 0 Å². The van der Waals surface area contributed by atoms with Gasteiger partial charge in [0.2, 0.25) is 0 Å². The van der Waals surface area contributed by atoms with E-state index in [2.05, 4.69) is 4.98 Å². The van der Waals surface area contributed by atoms with Gasteiger partial charge in [0, 0.05) is 6.20 Å². The Labute approximate surface area is 64.1 Å². The van der Waals surface area contributed by atoms with Crippen molar-refractivity contribution in [1.29, 1.82) is 0 Å². The maximum Gasteiger partial charge on any atom is 0.280 e. The topological polar surface area (TPSA) is 12.9 Å². The summed E-state index contributed by atoms with van der Waals surface area (Å²) in [5.74, 6) is 0. The molecule has 11 heavy (non-hydrogen) atoms. The third-order valence-corrected chi connectivity index (χ3v) is 1.46. The van der Waals surface area contributed by atoms with Gasteiger partial charge in [0.15, 0.2) is 0 Å². The molecule has 1 aromatic heterocycles. The van der Waals surface area contributed by atoms with Crippen LogP contribution in [0.4, 0.5) is 8.78 Å². The molecule has 0 amide bonds. The van der Waals surface area contributed by atoms with Crippen molar-refractivity contribution in [3.05, 3.63) is 29.1 Å². The van der Waals surface area contributed by atoms with Crippen molar-refractivity contribution < 1.29 is 8.78 Å². The molecule has 0 aliphatic carbocycles. The number of hydrogen-bond acceptors (Lipinski definition) is 1. The van der Waals surface area contributed by atoms with Gasteiger partial charge in [-0.3, -0.25) is 4.98 Å². The van der Waals surface area contributed by atoms with Gasteiger partial charge in [-0.15, -0.1) is 0 Å². The molecule has 0 spiro atoms. The second-order valence-electron chi connectivity index (χ2n) is 2.52. The van der Waals surface area contributed by atoms with Crippen LogP contribution in [0.1, 0.15) is 23.2 Å². The van der Waals surface area contributed by atoms with Crippen LogP contribution in [0.5, 0.6) is 0 Å². The fourth-order valence-corrected chi connectivity index (χ4v) is 0.954. The van der Waals surface area contributed by atoms with Gasteiger partial charge < -0.3 is 0 Å². The van der Waals surface area contributed by atoms with Crippen LogP contribution >= 0.6 is 0 Å². The lowest BCUT2D eigenvalue weighted by Crippen LogP contribution is -1.94. The van der Waals surface area contributed by atoms with E-state index in [-0.39, 0.29) is 5.69 Å². The number of nitrogens with zero attached hydrogens (tertiary/aromatic N) is 1. The first-order valence-electron chi connectivity index (χ1n) is 3.32. The number of pyridine rings is 1. The maximum absolute atomic E-state index is 12.1. The van der Waals surface area contributed by atoms with Gasteiger partial charge in [-0.25, -0.2) is 8.78 Å². The van der Waals surface area contributed by atoms with Gasteiger partial charge in [-0.2, -0.15) is 0 Å². The summed E-state index contributed by atoms with van der Waals surface area (Å²) in [7, 11) is 0. The number of hydrogen-bond donors (Lipinski definition) is 0. The molecule has 0 radical (unpaired) electrons. The highest BCUT2D eigenvalue weighted by Crippen LogP contribution is 2.19. The van der Waals surface area contributed by atoms with Crippen molar-refractivity contribution in [3.8, 4) is 0 Å². The molecule has 0 aromatic carbocycles. The van der Waals surface area contributed by atoms with E-state index < -0.39 is 6.43 Å². The van der Waals surface area contributed by atoms with Gasteiger partial charge in [0.25, 0.3) is 6.43 Å². The highest BCUT2D eigenvalue weighted by molar-refractivity contribution is 5.23. The zero-order chi connectivity index (χ0) is 8.43. The van der Waals surface area contributed by atoms with E-state index in [1.807, 2.05) is 6.92 Å². The standard InChI is InChI=1S/C8H9F2N/c1-5-3-6(2)7(8(9)10)11-4-5/h3-4,8H,1-2H3. The second kappa shape index (κ2) is 2.95. The Morgan fingerprint density at radius 3 is 2.45 bits per heavy atom. The quantitative estimate of drug-likeness (QED) is 0.610. The lowest BCUT2D eigenvalue weighted by molar-refractivity contribution is 0.145. The Hall–Kier alpha value is -0.990. The molecule has 3 heteroatoms. The van der Waals surface area contributed by atoms with Gasteiger partial charge in [-0.1, -0.05) is 6.07 Å². The molecular weight excluding hydrogens is 148 g/mol. The van der Waals surface area contributed by atoms with Crippen LogP contribution in [0, 0.1) is 13.8 Å². The van der Waals surface area contributed by atoms with Crippen LogP contribution in [-0.2, 0) is 0 Å². The number of alkyl halides is 2. The second-order valence-corrected chi connectivity index (χ2v) is 2.52. The Balaban J connectivity index is 3.09. The molecule has 1 aromatic rings. The van der Waals surface area contributed by atoms with E-state index in [1.165, 1.54) is 6.20 Å². The van der Waals surface area contributed by atoms with Crippen LogP contribution in [0.15, 0.2) is 12.3 Å². The van der Waals surface area contributed by atoms with E-state index in [0.717, 1.165) is 5.56 Å². The van der Waals surface area contributed by atoms with Crippen LogP contribution in [0.2, 0.25) is 0 Å². The molecule has 0 saturated carbocycles. The van der Waals surface area contributed by atoms with Crippen LogP contribution in [0.25, 0.3) is 0 Å². The summed E-state index contributed by atoms with van der Waals surface area (Å²) in [6, 6.07) is 1.70. The molecule has 0 bridgehead atoms. The monoisotopic (exact) mass is 157 g/mol. The van der Waals surface area contributed by atoms with Gasteiger partial charge in [-0.05, 0) is 25.0 Å². The van der Waals surface area contributed by atoms with Crippen LogP contribution < -0.4 is 0 Å². The molecule has 0 fully saturated rings. The third-order valence-electron chi connectivity index (χ3n) is 1.46. The average Bonchev–Trinajstić information content (AvgIpc) is 1.85. The Morgan fingerprint density at radius 2 is 2.00 bits per heavy atom. The number of aryl methyl sites for hydroxylation is 2. The SMILES string of the molecule is Cc1cnc(C(F)F)c(C)c1. The maximum atomic E-state index is 12.1. The normalized spacial score (nSPS) is 10.6. The largest absolute Gasteiger partial charge is 0.280 e. The van der Waals surface area contributed by atoms with Gasteiger partial charge >= 0.3 is 0 Å². The van der Waals surface area contributed by atoms with Crippen molar-refractivity contribution in [3.63, 3.8) is 0 Å². The highest BCUT2D eigenvalue weighted by atomic mass is 19.3. The molecule has 0 aliphatic rings. The third kappa shape index (κ3) is 1.73. The molecule has 60 valence electrons. The first-order valence-corrected chi connectivity index (χ1v) is 3.32. The summed E-state index contributed by atoms with van der Waals surface area (Å²) in [5.41, 5.74) is 1.35. The zero-order valence-corrected chi connectivity index (χ0v) is 6.44. The lowest BCUT2D eigenvalue weighted by atomic mass is 10.2. The molecule has 0 atom stereocenters. The predicted molar refractivity (Wildman–Crippen MR) is 38.7 cm³/mol. The van der Waals surface area contributed by atoms with Crippen molar-refractivity contribution in [2.75, 3.05) is 0 Å². The molecule has 0 saturated heterocycles. The summed E-state index contributed by atoms with van der Waals surface area (Å²) in [4.78, 5) is 3.63. The summed E-state index contributed by atoms with van der Waals surface area (Å²) in [5, 5.41) is 0. The van der Waals surface area contributed by atoms with Gasteiger partial charge in [0.05, 0.1) is 0 Å². The minimum absolute atomic E-state index is 0.115. The predicted octanol–water partition coefficient (Wildman–Crippen LogP) is 2.64. The Morgan fingerprint density at radius 1 is 1.36 bits per heavy atom. The molecule has 1 heterocycles. The molecule has 1 rings (SSSR count).